The smallest absolute Gasteiger partial charge is 0.254 e. The quantitative estimate of drug-likeness (QED) is 0.344. The average molecular weight is 522 g/mol. The van der Waals surface area contributed by atoms with Gasteiger partial charge in [-0.3, -0.25) is 9.59 Å². The molecule has 0 saturated heterocycles. The fraction of sp³-hybridized carbons (Fsp3) is 0.259. The third-order valence-corrected chi connectivity index (χ3v) is 6.40. The van der Waals surface area contributed by atoms with Gasteiger partial charge in [0.05, 0.1) is 42.0 Å². The van der Waals surface area contributed by atoms with Crippen LogP contribution in [0.15, 0.2) is 60.6 Å². The highest BCUT2D eigenvalue weighted by Crippen LogP contribution is 2.31. The number of ether oxygens (including phenoxy) is 1. The zero-order valence-electron chi connectivity index (χ0n) is 20.8. The van der Waals surface area contributed by atoms with Gasteiger partial charge in [-0.1, -0.05) is 42.8 Å². The molecule has 9 nitrogen and oxygen atoms in total. The Morgan fingerprint density at radius 1 is 1.30 bits per heavy atom. The lowest BCUT2D eigenvalue weighted by Crippen LogP contribution is -2.38. The summed E-state index contributed by atoms with van der Waals surface area (Å²) in [5.74, 6) is 0.495. The van der Waals surface area contributed by atoms with Gasteiger partial charge in [-0.25, -0.2) is 9.97 Å². The van der Waals surface area contributed by atoms with Gasteiger partial charge in [0, 0.05) is 17.7 Å². The number of aliphatic hydroxyl groups is 1. The second-order valence-corrected chi connectivity index (χ2v) is 9.03. The van der Waals surface area contributed by atoms with Crippen LogP contribution in [0, 0.1) is 0 Å². The molecular weight excluding hydrogens is 494 g/mol. The van der Waals surface area contributed by atoms with Gasteiger partial charge in [0.25, 0.3) is 5.91 Å². The number of methoxy groups -OCH3 is 1. The van der Waals surface area contributed by atoms with Crippen LogP contribution in [-0.4, -0.2) is 45.4 Å². The monoisotopic (exact) mass is 521 g/mol. The number of allylic oxidation sites excluding steroid dienone is 1. The maximum atomic E-state index is 13.1. The number of hydrogen-bond acceptors (Lipinski definition) is 7. The molecule has 1 aromatic heterocycles. The van der Waals surface area contributed by atoms with Crippen molar-refractivity contribution in [1.29, 1.82) is 0 Å². The number of nitrogens with one attached hydrogen (secondary N) is 2. The lowest BCUT2D eigenvalue weighted by Gasteiger charge is -2.19. The summed E-state index contributed by atoms with van der Waals surface area (Å²) in [4.78, 5) is 36.0. The van der Waals surface area contributed by atoms with Gasteiger partial charge in [0.2, 0.25) is 11.9 Å². The number of hydrogen-bond donors (Lipinski definition) is 3. The minimum absolute atomic E-state index is 0.0627. The number of fused-ring (bicyclic) bond motifs is 1. The summed E-state index contributed by atoms with van der Waals surface area (Å²) in [7, 11) is 1.59. The van der Waals surface area contributed by atoms with Crippen molar-refractivity contribution in [2.75, 3.05) is 19.0 Å². The van der Waals surface area contributed by atoms with E-state index in [9.17, 15) is 14.7 Å². The minimum Gasteiger partial charge on any atom is -0.514 e. The van der Waals surface area contributed by atoms with E-state index in [-0.39, 0.29) is 30.3 Å². The second-order valence-electron chi connectivity index (χ2n) is 8.62. The lowest BCUT2D eigenvalue weighted by atomic mass is 10.0. The molecule has 192 valence electrons. The molecule has 0 saturated carbocycles. The predicted molar refractivity (Wildman–Crippen MR) is 141 cm³/mol. The van der Waals surface area contributed by atoms with Crippen LogP contribution in [-0.2, 0) is 11.3 Å². The molecule has 1 aliphatic heterocycles. The fourth-order valence-corrected chi connectivity index (χ4v) is 4.28. The number of halogens is 1. The molecule has 0 fully saturated rings. The van der Waals surface area contributed by atoms with Gasteiger partial charge in [-0.2, -0.15) is 0 Å². The van der Waals surface area contributed by atoms with E-state index in [4.69, 9.17) is 16.3 Å². The van der Waals surface area contributed by atoms with Crippen molar-refractivity contribution >= 4 is 29.4 Å². The Balaban J connectivity index is 1.47. The van der Waals surface area contributed by atoms with Gasteiger partial charge in [0.15, 0.2) is 0 Å². The third-order valence-electron chi connectivity index (χ3n) is 6.12. The highest BCUT2D eigenvalue weighted by molar-refractivity contribution is 6.33. The molecule has 1 atom stereocenters. The predicted octanol–water partition coefficient (Wildman–Crippen LogP) is 4.86. The molecule has 0 bridgehead atoms. The molecule has 37 heavy (non-hydrogen) atoms. The van der Waals surface area contributed by atoms with Gasteiger partial charge in [-0.15, -0.1) is 0 Å². The molecule has 2 aromatic carbocycles. The zero-order valence-corrected chi connectivity index (χ0v) is 21.5. The van der Waals surface area contributed by atoms with E-state index in [1.807, 2.05) is 50.2 Å². The van der Waals surface area contributed by atoms with Crippen LogP contribution >= 0.6 is 11.6 Å². The summed E-state index contributed by atoms with van der Waals surface area (Å²) in [5.41, 5.74) is 3.87. The summed E-state index contributed by atoms with van der Waals surface area (Å²) in [6.45, 7) is 4.03. The Labute approximate surface area is 220 Å². The number of carbonyl (C=O) groups excluding carboxylic acids is 2. The molecule has 2 heterocycles. The Morgan fingerprint density at radius 2 is 2.11 bits per heavy atom. The molecule has 1 aliphatic rings. The fourth-order valence-electron chi connectivity index (χ4n) is 4.08. The molecular formula is C27H28ClN5O4. The summed E-state index contributed by atoms with van der Waals surface area (Å²) < 4.78 is 5.25. The highest BCUT2D eigenvalue weighted by atomic mass is 35.5. The molecule has 0 aliphatic carbocycles. The SMILES string of the molecule is CC/C(=C\O)Nc1ncc(Cl)c(-c2ccc3c(c2)C(=O)N(CC(=O)N[C@H](C)c2cccc(OC)c2)C3)n1. The Kier molecular flexibility index (Phi) is 7.93. The number of aliphatic hydroxyl groups excluding tert-OH is 1. The van der Waals surface area contributed by atoms with Crippen molar-refractivity contribution in [3.05, 3.63) is 82.3 Å². The molecule has 10 heteroatoms. The number of benzene rings is 2. The van der Waals surface area contributed by atoms with Crippen LogP contribution in [0.5, 0.6) is 5.75 Å². The topological polar surface area (TPSA) is 117 Å². The molecule has 0 radical (unpaired) electrons. The van der Waals surface area contributed by atoms with E-state index >= 15 is 0 Å². The van der Waals surface area contributed by atoms with Crippen molar-refractivity contribution in [2.24, 2.45) is 0 Å². The number of amides is 2. The Hall–Kier alpha value is -4.11. The molecule has 3 aromatic rings. The van der Waals surface area contributed by atoms with Crippen molar-refractivity contribution in [2.45, 2.75) is 32.9 Å². The zero-order chi connectivity index (χ0) is 26.5. The van der Waals surface area contributed by atoms with Crippen molar-refractivity contribution in [3.63, 3.8) is 0 Å². The first-order valence-electron chi connectivity index (χ1n) is 11.8. The first-order valence-corrected chi connectivity index (χ1v) is 12.2. The Morgan fingerprint density at radius 3 is 2.84 bits per heavy atom. The summed E-state index contributed by atoms with van der Waals surface area (Å²) in [6.07, 6.45) is 2.99. The van der Waals surface area contributed by atoms with Gasteiger partial charge in [-0.05, 0) is 42.7 Å². The molecule has 0 spiro atoms. The maximum Gasteiger partial charge on any atom is 0.254 e. The molecule has 2 amide bonds. The number of anilines is 1. The largest absolute Gasteiger partial charge is 0.514 e. The normalized spacial score (nSPS) is 13.8. The number of carbonyl (C=O) groups is 2. The first kappa shape index (κ1) is 26.0. The van der Waals surface area contributed by atoms with Gasteiger partial charge < -0.3 is 25.4 Å². The average Bonchev–Trinajstić information content (AvgIpc) is 3.22. The first-order chi connectivity index (χ1) is 17.8. The summed E-state index contributed by atoms with van der Waals surface area (Å²) >= 11 is 6.36. The van der Waals surface area contributed by atoms with Gasteiger partial charge >= 0.3 is 0 Å². The van der Waals surface area contributed by atoms with Crippen LogP contribution < -0.4 is 15.4 Å². The van der Waals surface area contributed by atoms with Crippen LogP contribution in [0.4, 0.5) is 5.95 Å². The van der Waals surface area contributed by atoms with E-state index in [2.05, 4.69) is 20.6 Å². The standard InChI is InChI=1S/C27H28ClN5O4/c1-4-20(15-34)31-27-29-12-23(28)25(32-27)18-8-9-19-13-33(26(36)22(19)11-18)14-24(35)30-16(2)17-6-5-7-21(10-17)37-3/h5-12,15-16,34H,4,13-14H2,1-3H3,(H,30,35)(H,29,31,32)/b20-15+/t16-/m1/s1. The molecule has 4 rings (SSSR count). The van der Waals surface area contributed by atoms with Gasteiger partial charge in [0.1, 0.15) is 12.3 Å². The van der Waals surface area contributed by atoms with Crippen molar-refractivity contribution in [3.8, 4) is 17.0 Å². The van der Waals surface area contributed by atoms with Crippen LogP contribution in [0.2, 0.25) is 5.02 Å². The van der Waals surface area contributed by atoms with Crippen LogP contribution in [0.3, 0.4) is 0 Å². The summed E-state index contributed by atoms with van der Waals surface area (Å²) in [6, 6.07) is 12.6. The van der Waals surface area contributed by atoms with E-state index < -0.39 is 0 Å². The van der Waals surface area contributed by atoms with E-state index in [0.29, 0.717) is 46.3 Å². The summed E-state index contributed by atoms with van der Waals surface area (Å²) in [5, 5.41) is 15.5. The Bertz CT molecular complexity index is 1360. The van der Waals surface area contributed by atoms with E-state index in [1.54, 1.807) is 13.2 Å². The number of rotatable bonds is 9. The van der Waals surface area contributed by atoms with E-state index in [0.717, 1.165) is 17.4 Å². The van der Waals surface area contributed by atoms with Crippen LogP contribution in [0.1, 0.15) is 47.8 Å². The minimum atomic E-state index is -0.255. The maximum absolute atomic E-state index is 13.1. The third kappa shape index (κ3) is 5.83. The van der Waals surface area contributed by atoms with E-state index in [1.165, 1.54) is 11.1 Å². The van der Waals surface area contributed by atoms with Crippen molar-refractivity contribution in [1.82, 2.24) is 20.2 Å². The number of nitrogens with zero attached hydrogens (tertiary/aromatic N) is 3. The number of aromatic nitrogens is 2. The second kappa shape index (κ2) is 11.3. The highest BCUT2D eigenvalue weighted by Gasteiger charge is 2.30. The molecule has 3 N–H and O–H groups in total. The lowest BCUT2D eigenvalue weighted by molar-refractivity contribution is -0.122. The van der Waals surface area contributed by atoms with Crippen LogP contribution in [0.25, 0.3) is 11.3 Å². The molecule has 0 unspecified atom stereocenters. The van der Waals surface area contributed by atoms with Crippen molar-refractivity contribution < 1.29 is 19.4 Å².